The summed E-state index contributed by atoms with van der Waals surface area (Å²) in [6.45, 7) is 5.17. The lowest BCUT2D eigenvalue weighted by Crippen LogP contribution is -2.53. The molecule has 6 atom stereocenters. The SMILES string of the molecule is C[C@]12CCCC[C@@H]1CC[C@H]1[C@H]2CC[C@]2(C)c3nc(N)sc3C[C@@H]12. The third-order valence-corrected chi connectivity index (χ3v) is 9.54. The highest BCUT2D eigenvalue weighted by atomic mass is 32.1. The van der Waals surface area contributed by atoms with Crippen LogP contribution in [-0.4, -0.2) is 4.98 Å². The van der Waals surface area contributed by atoms with Gasteiger partial charge in [0.15, 0.2) is 5.13 Å². The van der Waals surface area contributed by atoms with Crippen molar-refractivity contribution in [2.24, 2.45) is 29.1 Å². The van der Waals surface area contributed by atoms with Crippen molar-refractivity contribution in [3.8, 4) is 0 Å². The molecule has 2 nitrogen and oxygen atoms in total. The molecule has 0 radical (unpaired) electrons. The Balaban J connectivity index is 1.51. The number of nitrogen functional groups attached to an aromatic ring is 1. The molecular formula is C20H30N2S. The monoisotopic (exact) mass is 330 g/mol. The van der Waals surface area contributed by atoms with Gasteiger partial charge in [0.05, 0.1) is 5.69 Å². The zero-order valence-corrected chi connectivity index (χ0v) is 15.4. The van der Waals surface area contributed by atoms with E-state index < -0.39 is 0 Å². The fourth-order valence-electron chi connectivity index (χ4n) is 7.44. The van der Waals surface area contributed by atoms with Crippen LogP contribution >= 0.6 is 11.3 Å². The van der Waals surface area contributed by atoms with E-state index in [1.165, 1.54) is 68.4 Å². The van der Waals surface area contributed by atoms with Gasteiger partial charge in [-0.05, 0) is 74.0 Å². The second-order valence-corrected chi connectivity index (χ2v) is 10.5. The molecule has 3 fully saturated rings. The van der Waals surface area contributed by atoms with Gasteiger partial charge in [0.1, 0.15) is 0 Å². The molecule has 0 saturated heterocycles. The molecular weight excluding hydrogens is 300 g/mol. The molecule has 3 saturated carbocycles. The number of anilines is 1. The molecule has 0 spiro atoms. The van der Waals surface area contributed by atoms with Gasteiger partial charge in [0.25, 0.3) is 0 Å². The quantitative estimate of drug-likeness (QED) is 0.712. The van der Waals surface area contributed by atoms with Crippen molar-refractivity contribution in [2.75, 3.05) is 5.73 Å². The number of rotatable bonds is 0. The van der Waals surface area contributed by atoms with Crippen LogP contribution in [0, 0.1) is 29.1 Å². The van der Waals surface area contributed by atoms with Crippen molar-refractivity contribution in [3.63, 3.8) is 0 Å². The number of nitrogens with two attached hydrogens (primary N) is 1. The van der Waals surface area contributed by atoms with Gasteiger partial charge in [0, 0.05) is 10.3 Å². The fraction of sp³-hybridized carbons (Fsp3) is 0.850. The van der Waals surface area contributed by atoms with E-state index in [0.717, 1.165) is 28.8 Å². The molecule has 126 valence electrons. The fourth-order valence-corrected chi connectivity index (χ4v) is 8.47. The molecule has 2 N–H and O–H groups in total. The molecule has 23 heavy (non-hydrogen) atoms. The van der Waals surface area contributed by atoms with Crippen LogP contribution in [0.1, 0.15) is 75.8 Å². The Morgan fingerprint density at radius 1 is 1.04 bits per heavy atom. The van der Waals surface area contributed by atoms with Crippen molar-refractivity contribution in [3.05, 3.63) is 10.6 Å². The molecule has 0 bridgehead atoms. The van der Waals surface area contributed by atoms with Gasteiger partial charge < -0.3 is 5.73 Å². The molecule has 1 heterocycles. The lowest BCUT2D eigenvalue weighted by Gasteiger charge is -2.59. The zero-order valence-electron chi connectivity index (χ0n) is 14.6. The van der Waals surface area contributed by atoms with Crippen LogP contribution in [0.5, 0.6) is 0 Å². The number of aromatic nitrogens is 1. The normalized spacial score (nSPS) is 48.3. The third kappa shape index (κ3) is 1.83. The standard InChI is InChI=1S/C20H30N2S/c1-19-9-4-3-5-12(19)6-7-13-14(19)8-10-20(2)15(13)11-16-17(20)22-18(21)23-16/h12-15H,3-11H2,1-2H3,(H2,21,22)/t12-,13+,14-,15+,19+,20+/m1/s1. The van der Waals surface area contributed by atoms with Crippen LogP contribution in [0.15, 0.2) is 0 Å². The smallest absolute Gasteiger partial charge is 0.180 e. The summed E-state index contributed by atoms with van der Waals surface area (Å²) in [7, 11) is 0. The highest BCUT2D eigenvalue weighted by molar-refractivity contribution is 7.15. The van der Waals surface area contributed by atoms with Crippen molar-refractivity contribution >= 4 is 16.5 Å². The third-order valence-electron chi connectivity index (χ3n) is 8.63. The topological polar surface area (TPSA) is 38.9 Å². The Morgan fingerprint density at radius 3 is 2.78 bits per heavy atom. The van der Waals surface area contributed by atoms with Gasteiger partial charge in [-0.3, -0.25) is 0 Å². The molecule has 4 aliphatic rings. The van der Waals surface area contributed by atoms with Gasteiger partial charge in [-0.1, -0.05) is 26.7 Å². The van der Waals surface area contributed by atoms with E-state index >= 15 is 0 Å². The maximum atomic E-state index is 6.02. The zero-order chi connectivity index (χ0) is 15.8. The van der Waals surface area contributed by atoms with Gasteiger partial charge in [-0.2, -0.15) is 0 Å². The van der Waals surface area contributed by atoms with Crippen molar-refractivity contribution in [1.29, 1.82) is 0 Å². The number of hydrogen-bond acceptors (Lipinski definition) is 3. The van der Waals surface area contributed by atoms with Crippen molar-refractivity contribution in [1.82, 2.24) is 4.98 Å². The summed E-state index contributed by atoms with van der Waals surface area (Å²) in [6, 6.07) is 0. The summed E-state index contributed by atoms with van der Waals surface area (Å²) in [4.78, 5) is 6.30. The largest absolute Gasteiger partial charge is 0.375 e. The first-order valence-corrected chi connectivity index (χ1v) is 10.6. The first-order valence-electron chi connectivity index (χ1n) is 9.78. The molecule has 0 aliphatic heterocycles. The van der Waals surface area contributed by atoms with E-state index in [1.807, 2.05) is 0 Å². The molecule has 1 aromatic heterocycles. The summed E-state index contributed by atoms with van der Waals surface area (Å²) in [6.07, 6.45) is 13.0. The van der Waals surface area contributed by atoms with Gasteiger partial charge in [0.2, 0.25) is 0 Å². The van der Waals surface area contributed by atoms with E-state index in [1.54, 1.807) is 11.3 Å². The van der Waals surface area contributed by atoms with Crippen LogP contribution in [0.3, 0.4) is 0 Å². The van der Waals surface area contributed by atoms with E-state index in [2.05, 4.69) is 13.8 Å². The van der Waals surface area contributed by atoms with Gasteiger partial charge in [-0.15, -0.1) is 11.3 Å². The van der Waals surface area contributed by atoms with Crippen LogP contribution in [-0.2, 0) is 11.8 Å². The maximum Gasteiger partial charge on any atom is 0.180 e. The van der Waals surface area contributed by atoms with E-state index in [9.17, 15) is 0 Å². The Morgan fingerprint density at radius 2 is 1.91 bits per heavy atom. The number of thiazole rings is 1. The minimum atomic E-state index is 0.322. The lowest BCUT2D eigenvalue weighted by molar-refractivity contribution is -0.0907. The van der Waals surface area contributed by atoms with E-state index in [4.69, 9.17) is 10.7 Å². The van der Waals surface area contributed by atoms with Crippen LogP contribution in [0.2, 0.25) is 0 Å². The second kappa shape index (κ2) is 4.74. The minimum absolute atomic E-state index is 0.322. The molecule has 4 aliphatic carbocycles. The molecule has 3 heteroatoms. The first-order chi connectivity index (χ1) is 11.0. The first kappa shape index (κ1) is 14.7. The summed E-state index contributed by atoms with van der Waals surface area (Å²) in [5.74, 6) is 3.78. The molecule has 5 rings (SSSR count). The Hall–Kier alpha value is -0.570. The Bertz CT molecular complexity index is 638. The summed E-state index contributed by atoms with van der Waals surface area (Å²) in [5.41, 5.74) is 8.37. The second-order valence-electron chi connectivity index (χ2n) is 9.39. The predicted molar refractivity (Wildman–Crippen MR) is 96.6 cm³/mol. The maximum absolute atomic E-state index is 6.02. The van der Waals surface area contributed by atoms with Gasteiger partial charge >= 0.3 is 0 Å². The predicted octanol–water partition coefficient (Wildman–Crippen LogP) is 5.17. The van der Waals surface area contributed by atoms with Crippen LogP contribution in [0.4, 0.5) is 5.13 Å². The highest BCUT2D eigenvalue weighted by Crippen LogP contribution is 2.65. The van der Waals surface area contributed by atoms with Crippen molar-refractivity contribution in [2.45, 2.75) is 77.0 Å². The Labute approximate surface area is 144 Å². The van der Waals surface area contributed by atoms with Gasteiger partial charge in [-0.25, -0.2) is 4.98 Å². The van der Waals surface area contributed by atoms with Crippen LogP contribution < -0.4 is 5.73 Å². The summed E-state index contributed by atoms with van der Waals surface area (Å²) < 4.78 is 0. The van der Waals surface area contributed by atoms with E-state index in [0.29, 0.717) is 10.8 Å². The number of nitrogens with zero attached hydrogens (tertiary/aromatic N) is 1. The summed E-state index contributed by atoms with van der Waals surface area (Å²) in [5, 5.41) is 0.791. The average Bonchev–Trinajstić information content (AvgIpc) is 3.02. The minimum Gasteiger partial charge on any atom is -0.375 e. The lowest BCUT2D eigenvalue weighted by atomic mass is 9.45. The van der Waals surface area contributed by atoms with E-state index in [-0.39, 0.29) is 0 Å². The van der Waals surface area contributed by atoms with Crippen LogP contribution in [0.25, 0.3) is 0 Å². The summed E-state index contributed by atoms with van der Waals surface area (Å²) >= 11 is 1.77. The average molecular weight is 331 g/mol. The molecule has 0 amide bonds. The number of fused-ring (bicyclic) bond motifs is 7. The molecule has 0 aromatic carbocycles. The molecule has 0 unspecified atom stereocenters. The Kier molecular flexibility index (Phi) is 3.04. The molecule has 1 aromatic rings. The van der Waals surface area contributed by atoms with Crippen molar-refractivity contribution < 1.29 is 0 Å². The highest BCUT2D eigenvalue weighted by Gasteiger charge is 2.59. The number of hydrogen-bond donors (Lipinski definition) is 1.